The van der Waals surface area contributed by atoms with Gasteiger partial charge in [-0.25, -0.2) is 4.98 Å². The molecule has 0 spiro atoms. The van der Waals surface area contributed by atoms with Gasteiger partial charge in [-0.05, 0) is 12.1 Å². The summed E-state index contributed by atoms with van der Waals surface area (Å²) in [4.78, 5) is 4.55. The summed E-state index contributed by atoms with van der Waals surface area (Å²) in [7, 11) is 0. The molecule has 0 aliphatic rings. The predicted octanol–water partition coefficient (Wildman–Crippen LogP) is 0.944. The number of hydrogen-bond donors (Lipinski definition) is 2. The minimum Gasteiger partial charge on any atom is -0.391 e. The Morgan fingerprint density at radius 2 is 2.19 bits per heavy atom. The molecule has 1 heterocycles. The molecule has 0 unspecified atom stereocenters. The number of aliphatic hydroxyl groups excluding tert-OH is 1. The first-order chi connectivity index (χ1) is 7.90. The van der Waals surface area contributed by atoms with E-state index >= 15 is 0 Å². The van der Waals surface area contributed by atoms with Crippen molar-refractivity contribution >= 4 is 33.3 Å². The van der Waals surface area contributed by atoms with E-state index in [4.69, 9.17) is 5.11 Å². The highest BCUT2D eigenvalue weighted by molar-refractivity contribution is 8.01. The van der Waals surface area contributed by atoms with Crippen molar-refractivity contribution in [3.63, 3.8) is 0 Å². The van der Waals surface area contributed by atoms with Gasteiger partial charge >= 0.3 is 0 Å². The number of aliphatic hydroxyl groups is 1. The van der Waals surface area contributed by atoms with Crippen LogP contribution in [0.4, 0.5) is 0 Å². The molecular weight excluding hydrogens is 240 g/mol. The van der Waals surface area contributed by atoms with Crippen LogP contribution in [0.1, 0.15) is 0 Å². The monoisotopic (exact) mass is 255 g/mol. The number of thioether (sulfide) groups is 1. The summed E-state index contributed by atoms with van der Waals surface area (Å²) in [5.74, 6) is 1.04. The molecule has 0 aliphatic carbocycles. The Kier molecular flexibility index (Phi) is 4.59. The molecule has 0 fully saturated rings. The number of benzene rings is 1. The van der Waals surface area contributed by atoms with E-state index in [9.17, 15) is 0 Å². The van der Waals surface area contributed by atoms with Crippen molar-refractivity contribution in [1.82, 2.24) is 4.98 Å². The van der Waals surface area contributed by atoms with Crippen molar-refractivity contribution in [2.24, 2.45) is 0 Å². The lowest BCUT2D eigenvalue weighted by Gasteiger charge is -1.96. The van der Waals surface area contributed by atoms with Gasteiger partial charge in [0.1, 0.15) is 0 Å². The lowest BCUT2D eigenvalue weighted by Crippen LogP contribution is -2.85. The molecule has 0 amide bonds. The van der Waals surface area contributed by atoms with Crippen LogP contribution in [0, 0.1) is 0 Å². The van der Waals surface area contributed by atoms with Crippen LogP contribution >= 0.6 is 23.1 Å². The van der Waals surface area contributed by atoms with Crippen molar-refractivity contribution in [1.29, 1.82) is 0 Å². The number of nitrogens with two attached hydrogens (primary N) is 1. The molecule has 0 saturated carbocycles. The maximum atomic E-state index is 8.63. The summed E-state index contributed by atoms with van der Waals surface area (Å²) in [6, 6.07) is 8.22. The molecule has 0 saturated heterocycles. The zero-order valence-corrected chi connectivity index (χ0v) is 10.6. The van der Waals surface area contributed by atoms with Crippen molar-refractivity contribution in [3.8, 4) is 0 Å². The van der Waals surface area contributed by atoms with Gasteiger partial charge in [-0.15, -0.1) is 11.3 Å². The van der Waals surface area contributed by atoms with Crippen LogP contribution in [0.5, 0.6) is 0 Å². The standard InChI is InChI=1S/C11H14N2OS2/c14-7-5-12-6-8-15-11-13-9-3-1-2-4-10(9)16-11/h1-4,12,14H,5-8H2/p+1. The second-order valence-electron chi connectivity index (χ2n) is 3.39. The van der Waals surface area contributed by atoms with Gasteiger partial charge < -0.3 is 10.4 Å². The first-order valence-corrected chi connectivity index (χ1v) is 7.11. The second-order valence-corrected chi connectivity index (χ2v) is 5.76. The van der Waals surface area contributed by atoms with Crippen LogP contribution in [0.15, 0.2) is 28.6 Å². The fourth-order valence-electron chi connectivity index (χ4n) is 1.38. The van der Waals surface area contributed by atoms with Crippen molar-refractivity contribution in [3.05, 3.63) is 24.3 Å². The molecule has 5 heteroatoms. The van der Waals surface area contributed by atoms with E-state index < -0.39 is 0 Å². The largest absolute Gasteiger partial charge is 0.391 e. The van der Waals surface area contributed by atoms with E-state index in [-0.39, 0.29) is 6.61 Å². The Labute approximate surface area is 103 Å². The van der Waals surface area contributed by atoms with Gasteiger partial charge in [0.15, 0.2) is 4.34 Å². The molecule has 3 nitrogen and oxygen atoms in total. The van der Waals surface area contributed by atoms with Crippen LogP contribution in [0.2, 0.25) is 0 Å². The molecule has 0 atom stereocenters. The third-order valence-electron chi connectivity index (χ3n) is 2.15. The van der Waals surface area contributed by atoms with E-state index in [0.29, 0.717) is 0 Å². The Balaban J connectivity index is 1.85. The lowest BCUT2D eigenvalue weighted by molar-refractivity contribution is -0.651. The Morgan fingerprint density at radius 1 is 1.31 bits per heavy atom. The summed E-state index contributed by atoms with van der Waals surface area (Å²) >= 11 is 3.54. The summed E-state index contributed by atoms with van der Waals surface area (Å²) in [5.41, 5.74) is 1.09. The third kappa shape index (κ3) is 3.18. The number of nitrogens with zero attached hydrogens (tertiary/aromatic N) is 1. The van der Waals surface area contributed by atoms with Crippen molar-refractivity contribution in [2.45, 2.75) is 4.34 Å². The maximum Gasteiger partial charge on any atom is 0.151 e. The Morgan fingerprint density at radius 3 is 3.00 bits per heavy atom. The van der Waals surface area contributed by atoms with Crippen LogP contribution in [-0.4, -0.2) is 35.5 Å². The van der Waals surface area contributed by atoms with Gasteiger partial charge in [-0.3, -0.25) is 0 Å². The molecule has 16 heavy (non-hydrogen) atoms. The summed E-state index contributed by atoms with van der Waals surface area (Å²) in [6.07, 6.45) is 0. The number of para-hydroxylation sites is 1. The number of rotatable bonds is 6. The lowest BCUT2D eigenvalue weighted by atomic mass is 10.3. The zero-order valence-electron chi connectivity index (χ0n) is 8.93. The predicted molar refractivity (Wildman–Crippen MR) is 69.1 cm³/mol. The van der Waals surface area contributed by atoms with Crippen LogP contribution in [0.25, 0.3) is 10.2 Å². The molecule has 1 aromatic carbocycles. The second kappa shape index (κ2) is 6.20. The summed E-state index contributed by atoms with van der Waals surface area (Å²) in [6.45, 7) is 2.08. The van der Waals surface area contributed by atoms with Crippen LogP contribution in [-0.2, 0) is 0 Å². The molecular formula is C11H15N2OS2+. The average molecular weight is 255 g/mol. The smallest absolute Gasteiger partial charge is 0.151 e. The molecule has 0 bridgehead atoms. The average Bonchev–Trinajstić information content (AvgIpc) is 2.71. The fraction of sp³-hybridized carbons (Fsp3) is 0.364. The Bertz CT molecular complexity index is 411. The van der Waals surface area contributed by atoms with Gasteiger partial charge in [0, 0.05) is 5.75 Å². The van der Waals surface area contributed by atoms with Crippen LogP contribution in [0.3, 0.4) is 0 Å². The molecule has 2 rings (SSSR count). The van der Waals surface area contributed by atoms with Gasteiger partial charge in [0.2, 0.25) is 0 Å². The van der Waals surface area contributed by atoms with Crippen LogP contribution < -0.4 is 5.32 Å². The molecule has 3 N–H and O–H groups in total. The van der Waals surface area contributed by atoms with Gasteiger partial charge in [-0.1, -0.05) is 23.9 Å². The van der Waals surface area contributed by atoms with Crippen molar-refractivity contribution < 1.29 is 10.4 Å². The quantitative estimate of drug-likeness (QED) is 0.597. The van der Waals surface area contributed by atoms with E-state index in [1.165, 1.54) is 4.70 Å². The minimum atomic E-state index is 0.256. The number of quaternary nitrogens is 1. The summed E-state index contributed by atoms with van der Waals surface area (Å²) < 4.78 is 2.39. The SMILES string of the molecule is OCC[NH2+]CCSc1nc2ccccc2s1. The third-order valence-corrected chi connectivity index (χ3v) is 4.37. The first-order valence-electron chi connectivity index (χ1n) is 5.31. The van der Waals surface area contributed by atoms with Gasteiger partial charge in [0.05, 0.1) is 29.9 Å². The molecule has 1 aromatic heterocycles. The molecule has 2 aromatic rings. The van der Waals surface area contributed by atoms with E-state index in [2.05, 4.69) is 16.4 Å². The van der Waals surface area contributed by atoms with Gasteiger partial charge in [0.25, 0.3) is 0 Å². The maximum absolute atomic E-state index is 8.63. The number of hydrogen-bond acceptors (Lipinski definition) is 4. The zero-order chi connectivity index (χ0) is 11.2. The minimum absolute atomic E-state index is 0.256. The Hall–Kier alpha value is -0.620. The number of fused-ring (bicyclic) bond motifs is 1. The molecule has 0 aliphatic heterocycles. The fourth-order valence-corrected chi connectivity index (χ4v) is 3.45. The number of aromatic nitrogens is 1. The van der Waals surface area contributed by atoms with E-state index in [1.807, 2.05) is 18.2 Å². The normalized spacial score (nSPS) is 11.1. The van der Waals surface area contributed by atoms with E-state index in [0.717, 1.165) is 28.7 Å². The van der Waals surface area contributed by atoms with Crippen molar-refractivity contribution in [2.75, 3.05) is 25.4 Å². The van der Waals surface area contributed by atoms with Gasteiger partial charge in [-0.2, -0.15) is 0 Å². The highest BCUT2D eigenvalue weighted by Gasteiger charge is 2.03. The topological polar surface area (TPSA) is 49.7 Å². The van der Waals surface area contributed by atoms with E-state index in [1.54, 1.807) is 23.1 Å². The number of thiazole rings is 1. The first kappa shape index (κ1) is 11.9. The molecule has 0 radical (unpaired) electrons. The molecule has 86 valence electrons. The summed E-state index contributed by atoms with van der Waals surface area (Å²) in [5, 5.41) is 10.8. The highest BCUT2D eigenvalue weighted by atomic mass is 32.2. The highest BCUT2D eigenvalue weighted by Crippen LogP contribution is 2.28.